The number of nitrogen functional groups attached to an aromatic ring is 2. The zero-order valence-corrected chi connectivity index (χ0v) is 27.3. The SMILES string of the molecule is CC1=C(Br)C=NC(N)(O)N1.CCOC(=O)c1c(N)[nH]c(CC)nc1=S.Cc1ncc(CN)c(N)n1.NN1C(=O)CC(=O)NC1=O. The van der Waals surface area contributed by atoms with Crippen LogP contribution in [-0.4, -0.2) is 72.7 Å². The van der Waals surface area contributed by atoms with Crippen molar-refractivity contribution in [2.45, 2.75) is 53.1 Å². The topological polar surface area (TPSA) is 322 Å². The molecule has 2 aromatic heterocycles. The molecule has 2 aliphatic heterocycles. The summed E-state index contributed by atoms with van der Waals surface area (Å²) < 4.78 is 5.79. The summed E-state index contributed by atoms with van der Waals surface area (Å²) in [6.07, 6.45) is 3.43. The van der Waals surface area contributed by atoms with Crippen molar-refractivity contribution in [2.75, 3.05) is 18.1 Å². The van der Waals surface area contributed by atoms with E-state index < -0.39 is 29.8 Å². The third-order valence-corrected chi connectivity index (χ3v) is 6.30. The maximum Gasteiger partial charge on any atom is 0.345 e. The number of aromatic nitrogens is 4. The number of aliphatic imine (C=N–C) groups is 1. The van der Waals surface area contributed by atoms with E-state index in [0.29, 0.717) is 35.4 Å². The third-order valence-electron chi connectivity index (χ3n) is 5.20. The number of aromatic amines is 1. The molecular weight excluding hydrogens is 678 g/mol. The molecule has 2 aromatic rings. The molecule has 21 heteroatoms. The summed E-state index contributed by atoms with van der Waals surface area (Å²) in [5, 5.41) is 13.9. The number of carbonyl (C=O) groups is 4. The molecule has 19 nitrogen and oxygen atoms in total. The number of ether oxygens (including phenoxy) is 1. The molecule has 1 fully saturated rings. The highest BCUT2D eigenvalue weighted by molar-refractivity contribution is 9.12. The number of aryl methyl sites for hydroxylation is 2. The molecule has 1 atom stereocenters. The van der Waals surface area contributed by atoms with Gasteiger partial charge in [-0.1, -0.05) is 19.1 Å². The molecule has 45 heavy (non-hydrogen) atoms. The Kier molecular flexibility index (Phi) is 15.3. The minimum Gasteiger partial charge on any atom is -0.462 e. The highest BCUT2D eigenvalue weighted by Gasteiger charge is 2.28. The van der Waals surface area contributed by atoms with E-state index >= 15 is 0 Å². The largest absolute Gasteiger partial charge is 0.462 e. The molecule has 0 spiro atoms. The van der Waals surface area contributed by atoms with Crippen LogP contribution in [0.15, 0.2) is 21.4 Å². The van der Waals surface area contributed by atoms with Gasteiger partial charge in [-0.25, -0.2) is 35.4 Å². The molecule has 1 unspecified atom stereocenters. The first-order chi connectivity index (χ1) is 21.0. The van der Waals surface area contributed by atoms with Gasteiger partial charge in [-0.2, -0.15) is 5.01 Å². The van der Waals surface area contributed by atoms with Gasteiger partial charge in [-0.05, 0) is 36.7 Å². The van der Waals surface area contributed by atoms with E-state index in [1.165, 1.54) is 6.21 Å². The fourth-order valence-corrected chi connectivity index (χ4v) is 3.46. The standard InChI is InChI=1S/C9H13N3O2S.C6H10N4.C5H8BrN3O.C4H5N3O3/c1-3-5-11-7(10)6(8(15)12-5)9(13)14-4-2;1-4-9-3-5(2-7)6(8)10-4;1-3-4(6)2-8-5(7,10)9-3;5-7-3(9)1-2(8)6-4(7)10/h3-4H2,1-2H3,(H3,10,11,12,15);3H,2,7H2,1H3,(H2,8,9,10);2,9-10H,7H2,1H3;1,5H2,(H,6,8,10). The van der Waals surface area contributed by atoms with Crippen LogP contribution in [0.2, 0.25) is 0 Å². The molecule has 0 saturated carbocycles. The Labute approximate surface area is 271 Å². The average molecular weight is 715 g/mol. The van der Waals surface area contributed by atoms with E-state index in [2.05, 4.69) is 46.2 Å². The molecule has 0 bridgehead atoms. The minimum atomic E-state index is -1.64. The predicted molar refractivity (Wildman–Crippen MR) is 170 cm³/mol. The van der Waals surface area contributed by atoms with Gasteiger partial charge >= 0.3 is 12.0 Å². The number of H-pyrrole nitrogens is 1. The number of nitrogens with two attached hydrogens (primary N) is 5. The molecular formula is C24H36BrN13O6S. The molecule has 246 valence electrons. The fourth-order valence-electron chi connectivity index (χ4n) is 2.96. The summed E-state index contributed by atoms with van der Waals surface area (Å²) in [6.45, 7) is 7.88. The first kappa shape index (κ1) is 38.6. The lowest BCUT2D eigenvalue weighted by Gasteiger charge is -2.24. The van der Waals surface area contributed by atoms with Crippen LogP contribution in [0.1, 0.15) is 54.8 Å². The average Bonchev–Trinajstić information content (AvgIpc) is 2.94. The fraction of sp³-hybridized carbons (Fsp3) is 0.375. The van der Waals surface area contributed by atoms with Crippen LogP contribution in [0.4, 0.5) is 16.4 Å². The lowest BCUT2D eigenvalue weighted by molar-refractivity contribution is -0.136. The monoisotopic (exact) mass is 713 g/mol. The van der Waals surface area contributed by atoms with Gasteiger partial charge in [0.1, 0.15) is 39.9 Å². The molecule has 4 rings (SSSR count). The summed E-state index contributed by atoms with van der Waals surface area (Å²) >= 11 is 8.18. The summed E-state index contributed by atoms with van der Waals surface area (Å²) in [4.78, 5) is 61.1. The minimum absolute atomic E-state index is 0.143. The maximum absolute atomic E-state index is 11.5. The first-order valence-corrected chi connectivity index (χ1v) is 14.1. The number of imide groups is 2. The number of hydrazine groups is 1. The molecule has 0 aliphatic carbocycles. The van der Waals surface area contributed by atoms with Crippen molar-refractivity contribution in [2.24, 2.45) is 22.3 Å². The summed E-state index contributed by atoms with van der Waals surface area (Å²) in [7, 11) is 0. The zero-order chi connectivity index (χ0) is 34.5. The van der Waals surface area contributed by atoms with Gasteiger partial charge in [0.05, 0.1) is 11.1 Å². The number of halogens is 1. The van der Waals surface area contributed by atoms with Crippen LogP contribution in [0.5, 0.6) is 0 Å². The van der Waals surface area contributed by atoms with Gasteiger partial charge in [0.25, 0.3) is 11.9 Å². The summed E-state index contributed by atoms with van der Waals surface area (Å²) in [5.41, 5.74) is 23.4. The Balaban J connectivity index is 0.000000305. The van der Waals surface area contributed by atoms with Crippen molar-refractivity contribution in [3.63, 3.8) is 0 Å². The smallest absolute Gasteiger partial charge is 0.345 e. The third kappa shape index (κ3) is 12.6. The number of carbonyl (C=O) groups excluding carboxylic acids is 4. The Morgan fingerprint density at radius 1 is 1.22 bits per heavy atom. The second kappa shape index (κ2) is 17.8. The molecule has 0 radical (unpaired) electrons. The molecule has 14 N–H and O–H groups in total. The number of rotatable bonds is 4. The van der Waals surface area contributed by atoms with Crippen LogP contribution in [0.25, 0.3) is 0 Å². The van der Waals surface area contributed by atoms with E-state index in [-0.39, 0.29) is 29.0 Å². The van der Waals surface area contributed by atoms with Gasteiger partial charge in [0.2, 0.25) is 5.91 Å². The van der Waals surface area contributed by atoms with Crippen molar-refractivity contribution in [1.82, 2.24) is 35.6 Å². The normalized spacial score (nSPS) is 17.0. The summed E-state index contributed by atoms with van der Waals surface area (Å²) in [5.74, 6) is 3.46. The van der Waals surface area contributed by atoms with Crippen molar-refractivity contribution in [3.8, 4) is 0 Å². The molecule has 4 heterocycles. The number of allylic oxidation sites excluding steroid dienone is 2. The quantitative estimate of drug-likeness (QED) is 0.0480. The van der Waals surface area contributed by atoms with E-state index in [9.17, 15) is 19.2 Å². The number of esters is 1. The number of nitrogens with one attached hydrogen (secondary N) is 3. The van der Waals surface area contributed by atoms with E-state index in [1.54, 1.807) is 27.0 Å². The second-order valence-electron chi connectivity index (χ2n) is 8.76. The van der Waals surface area contributed by atoms with Gasteiger partial charge < -0.3 is 37.3 Å². The van der Waals surface area contributed by atoms with Crippen LogP contribution < -0.4 is 39.4 Å². The molecule has 1 saturated heterocycles. The van der Waals surface area contributed by atoms with Gasteiger partial charge in [0, 0.05) is 36.6 Å². The predicted octanol–water partition coefficient (Wildman–Crippen LogP) is -0.536. The Morgan fingerprint density at radius 3 is 2.33 bits per heavy atom. The van der Waals surface area contributed by atoms with Crippen LogP contribution in [0.3, 0.4) is 0 Å². The number of hydrogen-bond acceptors (Lipinski definition) is 17. The molecule has 4 amide bonds. The molecule has 2 aliphatic rings. The van der Waals surface area contributed by atoms with E-state index in [0.717, 1.165) is 15.7 Å². The van der Waals surface area contributed by atoms with Crippen molar-refractivity contribution in [3.05, 3.63) is 43.8 Å². The van der Waals surface area contributed by atoms with Crippen LogP contribution in [-0.2, 0) is 27.3 Å². The number of aliphatic hydroxyl groups is 1. The van der Waals surface area contributed by atoms with Crippen molar-refractivity contribution in [1.29, 1.82) is 0 Å². The Bertz CT molecular complexity index is 1510. The van der Waals surface area contributed by atoms with Crippen molar-refractivity contribution >= 4 is 69.8 Å². The van der Waals surface area contributed by atoms with E-state index in [1.807, 2.05) is 12.2 Å². The molecule has 0 aromatic carbocycles. The summed E-state index contributed by atoms with van der Waals surface area (Å²) in [6, 6.07) is -0.874. The number of barbiturate groups is 1. The number of urea groups is 1. The van der Waals surface area contributed by atoms with Crippen LogP contribution in [0, 0.1) is 11.6 Å². The lowest BCUT2D eigenvalue weighted by atomic mass is 10.3. The second-order valence-corrected chi connectivity index (χ2v) is 10.0. The van der Waals surface area contributed by atoms with Crippen molar-refractivity contribution < 1.29 is 29.0 Å². The van der Waals surface area contributed by atoms with Gasteiger partial charge in [-0.3, -0.25) is 20.6 Å². The first-order valence-electron chi connectivity index (χ1n) is 12.9. The Morgan fingerprint density at radius 2 is 1.87 bits per heavy atom. The number of amides is 4. The highest BCUT2D eigenvalue weighted by Crippen LogP contribution is 2.14. The van der Waals surface area contributed by atoms with E-state index in [4.69, 9.17) is 50.8 Å². The number of anilines is 2. The van der Waals surface area contributed by atoms with Gasteiger partial charge in [-0.15, -0.1) is 0 Å². The maximum atomic E-state index is 11.5. The number of nitrogens with zero attached hydrogens (tertiary/aromatic N) is 5. The Hall–Kier alpha value is -4.41. The van der Waals surface area contributed by atoms with Gasteiger partial charge in [0.15, 0.2) is 0 Å². The number of hydrogen-bond donors (Lipinski definition) is 9. The zero-order valence-electron chi connectivity index (χ0n) is 24.9. The lowest BCUT2D eigenvalue weighted by Crippen LogP contribution is -2.55. The highest BCUT2D eigenvalue weighted by atomic mass is 79.9. The van der Waals surface area contributed by atoms with Crippen LogP contribution >= 0.6 is 28.1 Å².